The van der Waals surface area contributed by atoms with Crippen molar-refractivity contribution in [2.45, 2.75) is 44.8 Å². The van der Waals surface area contributed by atoms with Crippen LogP contribution in [-0.2, 0) is 21.2 Å². The zero-order chi connectivity index (χ0) is 18.3. The Hall–Kier alpha value is -2.29. The normalized spacial score (nSPS) is 21.7. The molecule has 2 fully saturated rings. The fourth-order valence-electron chi connectivity index (χ4n) is 3.50. The van der Waals surface area contributed by atoms with Gasteiger partial charge in [0.1, 0.15) is 6.54 Å². The van der Waals surface area contributed by atoms with Gasteiger partial charge in [-0.1, -0.05) is 24.3 Å². The highest BCUT2D eigenvalue weighted by molar-refractivity contribution is 7.91. The van der Waals surface area contributed by atoms with E-state index in [4.69, 9.17) is 0 Å². The number of aryl methyl sites for hydroxylation is 1. The molecule has 2 heterocycles. The molecule has 0 N–H and O–H groups in total. The number of aromatic nitrogens is 4. The van der Waals surface area contributed by atoms with Crippen molar-refractivity contribution in [1.82, 2.24) is 25.1 Å². The van der Waals surface area contributed by atoms with Crippen molar-refractivity contribution in [2.75, 3.05) is 11.5 Å². The molecule has 138 valence electrons. The highest BCUT2D eigenvalue weighted by Gasteiger charge is 2.42. The van der Waals surface area contributed by atoms with Crippen LogP contribution in [0.3, 0.4) is 0 Å². The minimum Gasteiger partial charge on any atom is -0.334 e. The van der Waals surface area contributed by atoms with E-state index in [0.717, 1.165) is 24.0 Å². The fourth-order valence-corrected chi connectivity index (χ4v) is 5.21. The zero-order valence-corrected chi connectivity index (χ0v) is 15.4. The standard InChI is InChI=1S/C17H21N5O3S/c1-12-4-2-3-5-15(12)17-18-20-21(19-17)10-16(23)22(13-6-7-13)14-8-9-26(24,25)11-14/h2-5,13-14H,6-11H2,1H3. The largest absolute Gasteiger partial charge is 0.334 e. The molecular weight excluding hydrogens is 354 g/mol. The number of hydrogen-bond donors (Lipinski definition) is 0. The molecule has 8 nitrogen and oxygen atoms in total. The van der Waals surface area contributed by atoms with Crippen molar-refractivity contribution in [2.24, 2.45) is 0 Å². The molecule has 2 aliphatic rings. The number of tetrazole rings is 1. The smallest absolute Gasteiger partial charge is 0.246 e. The second kappa shape index (κ2) is 6.46. The summed E-state index contributed by atoms with van der Waals surface area (Å²) in [5.41, 5.74) is 1.92. The average molecular weight is 375 g/mol. The van der Waals surface area contributed by atoms with Crippen LogP contribution < -0.4 is 0 Å². The molecule has 1 saturated heterocycles. The lowest BCUT2D eigenvalue weighted by atomic mass is 10.1. The highest BCUT2D eigenvalue weighted by Crippen LogP contribution is 2.32. The maximum Gasteiger partial charge on any atom is 0.246 e. The molecule has 4 rings (SSSR count). The molecule has 1 amide bonds. The van der Waals surface area contributed by atoms with Crippen molar-refractivity contribution in [3.8, 4) is 11.4 Å². The first-order chi connectivity index (χ1) is 12.4. The first-order valence-electron chi connectivity index (χ1n) is 8.78. The molecule has 1 aromatic carbocycles. The van der Waals surface area contributed by atoms with E-state index >= 15 is 0 Å². The number of nitrogens with zero attached hydrogens (tertiary/aromatic N) is 5. The topological polar surface area (TPSA) is 98.0 Å². The number of carbonyl (C=O) groups is 1. The molecule has 26 heavy (non-hydrogen) atoms. The summed E-state index contributed by atoms with van der Waals surface area (Å²) in [6.07, 6.45) is 2.38. The number of rotatable bonds is 5. The third-order valence-corrected chi connectivity index (χ3v) is 6.70. The summed E-state index contributed by atoms with van der Waals surface area (Å²) >= 11 is 0. The Labute approximate surface area is 152 Å². The van der Waals surface area contributed by atoms with Gasteiger partial charge in [-0.25, -0.2) is 8.42 Å². The molecule has 0 spiro atoms. The monoisotopic (exact) mass is 375 g/mol. The molecule has 9 heteroatoms. The molecule has 2 aromatic rings. The number of hydrogen-bond acceptors (Lipinski definition) is 6. The third-order valence-electron chi connectivity index (χ3n) is 4.95. The SMILES string of the molecule is Cc1ccccc1-c1nnn(CC(=O)N(C2CC2)C2CCS(=O)(=O)C2)n1. The van der Waals surface area contributed by atoms with Gasteiger partial charge < -0.3 is 4.90 Å². The predicted molar refractivity (Wildman–Crippen MR) is 94.9 cm³/mol. The molecular formula is C17H21N5O3S. The van der Waals surface area contributed by atoms with Crippen LogP contribution in [0, 0.1) is 6.92 Å². The van der Waals surface area contributed by atoms with E-state index < -0.39 is 9.84 Å². The van der Waals surface area contributed by atoms with Crippen LogP contribution in [0.5, 0.6) is 0 Å². The highest BCUT2D eigenvalue weighted by atomic mass is 32.2. The van der Waals surface area contributed by atoms with Gasteiger partial charge in [-0.15, -0.1) is 10.2 Å². The van der Waals surface area contributed by atoms with Gasteiger partial charge in [0.15, 0.2) is 9.84 Å². The van der Waals surface area contributed by atoms with Crippen LogP contribution in [0.2, 0.25) is 0 Å². The number of sulfone groups is 1. The number of benzene rings is 1. The Kier molecular flexibility index (Phi) is 4.26. The summed E-state index contributed by atoms with van der Waals surface area (Å²) in [6.45, 7) is 1.95. The molecule has 1 unspecified atom stereocenters. The van der Waals surface area contributed by atoms with Crippen LogP contribution >= 0.6 is 0 Å². The molecule has 1 aliphatic heterocycles. The fraction of sp³-hybridized carbons (Fsp3) is 0.529. The van der Waals surface area contributed by atoms with Crippen molar-refractivity contribution >= 4 is 15.7 Å². The average Bonchev–Trinajstić information content (AvgIpc) is 3.20. The molecule has 1 atom stereocenters. The van der Waals surface area contributed by atoms with Crippen LogP contribution in [-0.4, -0.2) is 63.0 Å². The van der Waals surface area contributed by atoms with Gasteiger partial charge in [-0.05, 0) is 37.0 Å². The van der Waals surface area contributed by atoms with Crippen LogP contribution in [0.25, 0.3) is 11.4 Å². The van der Waals surface area contributed by atoms with Gasteiger partial charge in [0.2, 0.25) is 11.7 Å². The van der Waals surface area contributed by atoms with E-state index in [-0.39, 0.29) is 36.0 Å². The van der Waals surface area contributed by atoms with Crippen LogP contribution in [0.15, 0.2) is 24.3 Å². The van der Waals surface area contributed by atoms with Crippen molar-refractivity contribution in [3.63, 3.8) is 0 Å². The summed E-state index contributed by atoms with van der Waals surface area (Å²) in [6, 6.07) is 7.66. The Morgan fingerprint density at radius 3 is 2.65 bits per heavy atom. The van der Waals surface area contributed by atoms with Crippen molar-refractivity contribution < 1.29 is 13.2 Å². The summed E-state index contributed by atoms with van der Waals surface area (Å²) < 4.78 is 23.6. The molecule has 0 radical (unpaired) electrons. The lowest BCUT2D eigenvalue weighted by Gasteiger charge is -2.28. The van der Waals surface area contributed by atoms with Gasteiger partial charge in [0.05, 0.1) is 11.5 Å². The van der Waals surface area contributed by atoms with Gasteiger partial charge in [0, 0.05) is 17.6 Å². The number of carbonyl (C=O) groups excluding carboxylic acids is 1. The summed E-state index contributed by atoms with van der Waals surface area (Å²) in [5.74, 6) is 0.572. The van der Waals surface area contributed by atoms with Gasteiger partial charge in [-0.3, -0.25) is 4.79 Å². The Morgan fingerprint density at radius 2 is 2.00 bits per heavy atom. The lowest BCUT2D eigenvalue weighted by molar-refractivity contribution is -0.134. The van der Waals surface area contributed by atoms with E-state index in [1.807, 2.05) is 31.2 Å². The van der Waals surface area contributed by atoms with E-state index in [1.165, 1.54) is 4.80 Å². The van der Waals surface area contributed by atoms with E-state index in [0.29, 0.717) is 12.2 Å². The molecule has 1 aliphatic carbocycles. The Bertz CT molecular complexity index is 935. The summed E-state index contributed by atoms with van der Waals surface area (Å²) in [4.78, 5) is 15.9. The Morgan fingerprint density at radius 1 is 1.23 bits per heavy atom. The van der Waals surface area contributed by atoms with E-state index in [9.17, 15) is 13.2 Å². The predicted octanol–water partition coefficient (Wildman–Crippen LogP) is 0.827. The molecule has 1 aromatic heterocycles. The van der Waals surface area contributed by atoms with Crippen molar-refractivity contribution in [1.29, 1.82) is 0 Å². The van der Waals surface area contributed by atoms with Gasteiger partial charge >= 0.3 is 0 Å². The van der Waals surface area contributed by atoms with Crippen molar-refractivity contribution in [3.05, 3.63) is 29.8 Å². The summed E-state index contributed by atoms with van der Waals surface area (Å²) in [7, 11) is -3.03. The Balaban J connectivity index is 1.50. The van der Waals surface area contributed by atoms with Gasteiger partial charge in [0.25, 0.3) is 0 Å². The second-order valence-electron chi connectivity index (χ2n) is 7.05. The minimum absolute atomic E-state index is 0.0219. The summed E-state index contributed by atoms with van der Waals surface area (Å²) in [5, 5.41) is 12.4. The third kappa shape index (κ3) is 3.48. The lowest BCUT2D eigenvalue weighted by Crippen LogP contribution is -2.44. The van der Waals surface area contributed by atoms with E-state index in [1.54, 1.807) is 4.90 Å². The second-order valence-corrected chi connectivity index (χ2v) is 9.28. The maximum atomic E-state index is 12.8. The number of amides is 1. The van der Waals surface area contributed by atoms with Gasteiger partial charge in [-0.2, -0.15) is 4.80 Å². The quantitative estimate of drug-likeness (QED) is 0.768. The van der Waals surface area contributed by atoms with Crippen LogP contribution in [0.4, 0.5) is 0 Å². The zero-order valence-electron chi connectivity index (χ0n) is 14.6. The molecule has 1 saturated carbocycles. The first-order valence-corrected chi connectivity index (χ1v) is 10.6. The maximum absolute atomic E-state index is 12.8. The minimum atomic E-state index is -3.03. The molecule has 0 bridgehead atoms. The van der Waals surface area contributed by atoms with Crippen LogP contribution in [0.1, 0.15) is 24.8 Å². The first kappa shape index (κ1) is 17.1. The van der Waals surface area contributed by atoms with E-state index in [2.05, 4.69) is 15.4 Å².